The van der Waals surface area contributed by atoms with E-state index in [2.05, 4.69) is 29.6 Å². The van der Waals surface area contributed by atoms with Gasteiger partial charge in [-0.25, -0.2) is 4.39 Å². The fourth-order valence-electron chi connectivity index (χ4n) is 5.60. The summed E-state index contributed by atoms with van der Waals surface area (Å²) < 4.78 is 14.6. The van der Waals surface area contributed by atoms with Crippen LogP contribution in [0.5, 0.6) is 0 Å². The minimum absolute atomic E-state index is 0.00560. The van der Waals surface area contributed by atoms with Crippen LogP contribution >= 0.6 is 0 Å². The van der Waals surface area contributed by atoms with Gasteiger partial charge in [0.1, 0.15) is 5.82 Å². The van der Waals surface area contributed by atoms with Gasteiger partial charge < -0.3 is 5.32 Å². The van der Waals surface area contributed by atoms with Crippen LogP contribution in [0.25, 0.3) is 0 Å². The molecule has 4 aromatic carbocycles. The van der Waals surface area contributed by atoms with Crippen molar-refractivity contribution in [3.05, 3.63) is 142 Å². The number of benzene rings is 4. The van der Waals surface area contributed by atoms with Crippen molar-refractivity contribution in [3.63, 3.8) is 0 Å². The lowest BCUT2D eigenvalue weighted by Gasteiger charge is -2.35. The second kappa shape index (κ2) is 9.75. The van der Waals surface area contributed by atoms with Crippen molar-refractivity contribution in [1.82, 2.24) is 0 Å². The Balaban J connectivity index is 1.56. The molecule has 0 saturated heterocycles. The Bertz CT molecular complexity index is 1560. The Morgan fingerprint density at radius 2 is 1.58 bits per heavy atom. The number of amides is 1. The van der Waals surface area contributed by atoms with Crippen LogP contribution in [0, 0.1) is 12.7 Å². The van der Waals surface area contributed by atoms with Gasteiger partial charge >= 0.3 is 0 Å². The van der Waals surface area contributed by atoms with E-state index in [4.69, 9.17) is 0 Å². The molecule has 38 heavy (non-hydrogen) atoms. The molecule has 0 bridgehead atoms. The van der Waals surface area contributed by atoms with Crippen molar-refractivity contribution in [2.75, 3.05) is 10.2 Å². The summed E-state index contributed by atoms with van der Waals surface area (Å²) in [7, 11) is 0. The number of carbonyl (C=O) groups is 2. The number of nitrogens with zero attached hydrogens (tertiary/aromatic N) is 1. The lowest BCUT2D eigenvalue weighted by molar-refractivity contribution is -0.116. The third-order valence-corrected chi connectivity index (χ3v) is 7.44. The molecule has 0 spiro atoms. The molecule has 1 N–H and O–H groups in total. The third kappa shape index (κ3) is 4.30. The zero-order valence-electron chi connectivity index (χ0n) is 21.0. The number of allylic oxidation sites excluding steroid dienone is 1. The normalized spacial score (nSPS) is 18.8. The number of halogens is 1. The standard InChI is InChI=1S/C33H27FN2O2/c1-21-14-16-22(17-15-21)25-19-28-31(30(37)20-25)32(24-10-7-11-26(34)18-24)36(29-13-6-5-12-27(29)35-28)33(38)23-8-3-2-4-9-23/h2-18,25,32,35H,19-20H2,1H3/t25-,32-/m1/s1. The number of Topliss-reactive ketones (excluding diaryl/α,β-unsaturated/α-hetero) is 1. The summed E-state index contributed by atoms with van der Waals surface area (Å²) in [5.74, 6) is -0.706. The van der Waals surface area contributed by atoms with Gasteiger partial charge in [0.25, 0.3) is 5.91 Å². The average Bonchev–Trinajstić information content (AvgIpc) is 3.08. The molecule has 0 unspecified atom stereocenters. The van der Waals surface area contributed by atoms with E-state index < -0.39 is 11.9 Å². The first-order valence-corrected chi connectivity index (χ1v) is 12.8. The van der Waals surface area contributed by atoms with E-state index in [1.807, 2.05) is 49.4 Å². The first kappa shape index (κ1) is 23.9. The molecule has 1 amide bonds. The molecule has 5 heteroatoms. The number of para-hydroxylation sites is 2. The van der Waals surface area contributed by atoms with Crippen LogP contribution in [0.2, 0.25) is 0 Å². The predicted molar refractivity (Wildman–Crippen MR) is 148 cm³/mol. The van der Waals surface area contributed by atoms with Crippen LogP contribution < -0.4 is 10.2 Å². The molecule has 2 aliphatic rings. The number of anilines is 2. The molecule has 1 aliphatic carbocycles. The van der Waals surface area contributed by atoms with E-state index in [1.54, 1.807) is 29.2 Å². The Kier molecular flexibility index (Phi) is 6.12. The number of nitrogens with one attached hydrogen (secondary N) is 1. The number of hydrogen-bond acceptors (Lipinski definition) is 3. The van der Waals surface area contributed by atoms with Gasteiger partial charge in [0.2, 0.25) is 0 Å². The van der Waals surface area contributed by atoms with E-state index in [1.165, 1.54) is 17.7 Å². The van der Waals surface area contributed by atoms with Crippen LogP contribution in [-0.2, 0) is 4.79 Å². The van der Waals surface area contributed by atoms with E-state index in [0.29, 0.717) is 35.2 Å². The molecule has 188 valence electrons. The van der Waals surface area contributed by atoms with Crippen molar-refractivity contribution in [2.45, 2.75) is 31.7 Å². The zero-order chi connectivity index (χ0) is 26.2. The van der Waals surface area contributed by atoms with Gasteiger partial charge in [-0.15, -0.1) is 0 Å². The summed E-state index contributed by atoms with van der Waals surface area (Å²) in [5.41, 5.74) is 5.99. The highest BCUT2D eigenvalue weighted by atomic mass is 19.1. The van der Waals surface area contributed by atoms with Crippen molar-refractivity contribution in [1.29, 1.82) is 0 Å². The number of ketones is 1. The summed E-state index contributed by atoms with van der Waals surface area (Å²) >= 11 is 0. The SMILES string of the molecule is Cc1ccc([C@H]2CC(=O)C3=C(C2)Nc2ccccc2N(C(=O)c2ccccc2)[C@@H]3c2cccc(F)c2)cc1. The molecular formula is C33H27FN2O2. The highest BCUT2D eigenvalue weighted by molar-refractivity contribution is 6.12. The molecule has 4 aromatic rings. The molecule has 1 aliphatic heterocycles. The molecule has 0 fully saturated rings. The smallest absolute Gasteiger partial charge is 0.259 e. The molecule has 2 atom stereocenters. The summed E-state index contributed by atoms with van der Waals surface area (Å²) in [5, 5.41) is 3.52. The van der Waals surface area contributed by atoms with Crippen molar-refractivity contribution < 1.29 is 14.0 Å². The molecule has 0 radical (unpaired) electrons. The first-order chi connectivity index (χ1) is 18.5. The molecule has 4 nitrogen and oxygen atoms in total. The van der Waals surface area contributed by atoms with Crippen LogP contribution in [0.4, 0.5) is 15.8 Å². The summed E-state index contributed by atoms with van der Waals surface area (Å²) in [6.07, 6.45) is 0.927. The predicted octanol–water partition coefficient (Wildman–Crippen LogP) is 7.35. The molecular weight excluding hydrogens is 475 g/mol. The van der Waals surface area contributed by atoms with Crippen LogP contribution in [-0.4, -0.2) is 11.7 Å². The van der Waals surface area contributed by atoms with Crippen LogP contribution in [0.1, 0.15) is 51.8 Å². The lowest BCUT2D eigenvalue weighted by atomic mass is 9.78. The minimum atomic E-state index is -0.781. The zero-order valence-corrected chi connectivity index (χ0v) is 21.0. The van der Waals surface area contributed by atoms with E-state index in [-0.39, 0.29) is 17.6 Å². The van der Waals surface area contributed by atoms with E-state index >= 15 is 0 Å². The summed E-state index contributed by atoms with van der Waals surface area (Å²) in [4.78, 5) is 29.8. The van der Waals surface area contributed by atoms with Gasteiger partial charge in [-0.05, 0) is 66.8 Å². The van der Waals surface area contributed by atoms with Gasteiger partial charge in [0.15, 0.2) is 5.78 Å². The van der Waals surface area contributed by atoms with E-state index in [9.17, 15) is 14.0 Å². The maximum Gasteiger partial charge on any atom is 0.259 e. The molecule has 0 saturated carbocycles. The Labute approximate surface area is 221 Å². The van der Waals surface area contributed by atoms with E-state index in [0.717, 1.165) is 16.9 Å². The average molecular weight is 503 g/mol. The van der Waals surface area contributed by atoms with Crippen molar-refractivity contribution in [3.8, 4) is 0 Å². The largest absolute Gasteiger partial charge is 0.357 e. The minimum Gasteiger partial charge on any atom is -0.357 e. The highest BCUT2D eigenvalue weighted by Crippen LogP contribution is 2.47. The van der Waals surface area contributed by atoms with Gasteiger partial charge in [-0.2, -0.15) is 0 Å². The summed E-state index contributed by atoms with van der Waals surface area (Å²) in [6, 6.07) is 30.3. The van der Waals surface area contributed by atoms with Gasteiger partial charge in [0.05, 0.1) is 17.4 Å². The summed E-state index contributed by atoms with van der Waals surface area (Å²) in [6.45, 7) is 2.04. The first-order valence-electron chi connectivity index (χ1n) is 12.8. The fraction of sp³-hybridized carbons (Fsp3) is 0.152. The fourth-order valence-corrected chi connectivity index (χ4v) is 5.60. The Morgan fingerprint density at radius 3 is 2.34 bits per heavy atom. The topological polar surface area (TPSA) is 49.4 Å². The number of fused-ring (bicyclic) bond motifs is 1. The third-order valence-electron chi connectivity index (χ3n) is 7.44. The van der Waals surface area contributed by atoms with Gasteiger partial charge in [-0.1, -0.05) is 72.3 Å². The quantitative estimate of drug-likeness (QED) is 0.319. The molecule has 6 rings (SSSR count). The number of carbonyl (C=O) groups excluding carboxylic acids is 2. The Hall–Kier alpha value is -4.51. The number of aryl methyl sites for hydroxylation is 1. The Morgan fingerprint density at radius 1 is 0.842 bits per heavy atom. The monoisotopic (exact) mass is 502 g/mol. The van der Waals surface area contributed by atoms with Crippen LogP contribution in [0.15, 0.2) is 114 Å². The van der Waals surface area contributed by atoms with Gasteiger partial charge in [0, 0.05) is 23.3 Å². The van der Waals surface area contributed by atoms with Crippen molar-refractivity contribution in [2.24, 2.45) is 0 Å². The maximum absolute atomic E-state index is 14.6. The number of rotatable bonds is 3. The van der Waals surface area contributed by atoms with Crippen LogP contribution in [0.3, 0.4) is 0 Å². The second-order valence-corrected chi connectivity index (χ2v) is 9.97. The van der Waals surface area contributed by atoms with Gasteiger partial charge in [-0.3, -0.25) is 14.5 Å². The molecule has 0 aromatic heterocycles. The number of hydrogen-bond donors (Lipinski definition) is 1. The second-order valence-electron chi connectivity index (χ2n) is 9.97. The lowest BCUT2D eigenvalue weighted by Crippen LogP contribution is -2.38. The molecule has 1 heterocycles. The maximum atomic E-state index is 14.6. The van der Waals surface area contributed by atoms with Crippen molar-refractivity contribution >= 4 is 23.1 Å². The highest BCUT2D eigenvalue weighted by Gasteiger charge is 2.42.